The summed E-state index contributed by atoms with van der Waals surface area (Å²) in [5.41, 5.74) is 0. The van der Waals surface area contributed by atoms with E-state index >= 15 is 0 Å². The molecular formula is C5H11BrO2. The molecule has 3 heteroatoms. The van der Waals surface area contributed by atoms with Gasteiger partial charge in [-0.2, -0.15) is 0 Å². The molecule has 2 nitrogen and oxygen atoms in total. The highest BCUT2D eigenvalue weighted by atomic mass is 79.9. The van der Waals surface area contributed by atoms with Gasteiger partial charge in [-0.05, 0) is 6.42 Å². The van der Waals surface area contributed by atoms with E-state index in [2.05, 4.69) is 15.9 Å². The number of rotatable bonds is 3. The Bertz CT molecular complexity index is 50.4. The number of halogens is 1. The zero-order valence-corrected chi connectivity index (χ0v) is 6.43. The molecule has 0 heterocycles. The Hall–Kier alpha value is 0.400. The maximum Gasteiger partial charge on any atom is 0.0895 e. The smallest absolute Gasteiger partial charge is 0.0895 e. The average Bonchev–Trinajstić information content (AvgIpc) is 1.84. The molecule has 2 atom stereocenters. The van der Waals surface area contributed by atoms with E-state index in [0.29, 0.717) is 11.8 Å². The van der Waals surface area contributed by atoms with Gasteiger partial charge in [0.1, 0.15) is 0 Å². The van der Waals surface area contributed by atoms with E-state index < -0.39 is 12.2 Å². The SMILES string of the molecule is CC[C@H](O)[C@H](O)CBr. The lowest BCUT2D eigenvalue weighted by atomic mass is 10.2. The lowest BCUT2D eigenvalue weighted by Gasteiger charge is -2.11. The molecule has 0 spiro atoms. The maximum absolute atomic E-state index is 8.85. The van der Waals surface area contributed by atoms with Gasteiger partial charge >= 0.3 is 0 Å². The van der Waals surface area contributed by atoms with E-state index in [1.54, 1.807) is 0 Å². The normalized spacial score (nSPS) is 18.0. The van der Waals surface area contributed by atoms with Gasteiger partial charge in [0.15, 0.2) is 0 Å². The van der Waals surface area contributed by atoms with Crippen LogP contribution >= 0.6 is 15.9 Å². The zero-order valence-electron chi connectivity index (χ0n) is 4.84. The van der Waals surface area contributed by atoms with Crippen molar-refractivity contribution in [2.45, 2.75) is 25.6 Å². The summed E-state index contributed by atoms with van der Waals surface area (Å²) in [4.78, 5) is 0. The van der Waals surface area contributed by atoms with Crippen LogP contribution in [0.5, 0.6) is 0 Å². The van der Waals surface area contributed by atoms with Crippen LogP contribution < -0.4 is 0 Å². The van der Waals surface area contributed by atoms with Crippen LogP contribution in [0.2, 0.25) is 0 Å². The maximum atomic E-state index is 8.85. The fourth-order valence-electron chi connectivity index (χ4n) is 0.375. The third-order valence-corrected chi connectivity index (χ3v) is 1.68. The summed E-state index contributed by atoms with van der Waals surface area (Å²) in [5, 5.41) is 18.1. The van der Waals surface area contributed by atoms with Gasteiger partial charge in [0.25, 0.3) is 0 Å². The van der Waals surface area contributed by atoms with Gasteiger partial charge in [-0.3, -0.25) is 0 Å². The fourth-order valence-corrected chi connectivity index (χ4v) is 0.806. The van der Waals surface area contributed by atoms with Crippen LogP contribution in [-0.4, -0.2) is 27.8 Å². The zero-order chi connectivity index (χ0) is 6.57. The van der Waals surface area contributed by atoms with E-state index in [1.165, 1.54) is 0 Å². The number of alkyl halides is 1. The largest absolute Gasteiger partial charge is 0.390 e. The topological polar surface area (TPSA) is 40.5 Å². The highest BCUT2D eigenvalue weighted by Gasteiger charge is 2.10. The quantitative estimate of drug-likeness (QED) is 0.626. The predicted octanol–water partition coefficient (Wildman–Crippen LogP) is 0.513. The Morgan fingerprint density at radius 1 is 1.38 bits per heavy atom. The minimum absolute atomic E-state index is 0.446. The van der Waals surface area contributed by atoms with Crippen LogP contribution in [0.1, 0.15) is 13.3 Å². The Kier molecular flexibility index (Phi) is 4.51. The van der Waals surface area contributed by atoms with Crippen molar-refractivity contribution in [3.05, 3.63) is 0 Å². The molecule has 0 amide bonds. The van der Waals surface area contributed by atoms with Crippen LogP contribution in [0, 0.1) is 0 Å². The molecule has 0 aromatic heterocycles. The molecule has 0 aromatic carbocycles. The summed E-state index contributed by atoms with van der Waals surface area (Å²) in [6, 6.07) is 0. The number of hydrogen-bond acceptors (Lipinski definition) is 2. The first kappa shape index (κ1) is 8.40. The molecule has 0 saturated heterocycles. The van der Waals surface area contributed by atoms with E-state index in [4.69, 9.17) is 10.2 Å². The van der Waals surface area contributed by atoms with Crippen molar-refractivity contribution in [2.75, 3.05) is 5.33 Å². The predicted molar refractivity (Wildman–Crippen MR) is 36.1 cm³/mol. The first-order valence-electron chi connectivity index (χ1n) is 2.64. The summed E-state index contributed by atoms with van der Waals surface area (Å²) in [5.74, 6) is 0. The molecule has 0 aliphatic rings. The van der Waals surface area contributed by atoms with E-state index in [1.807, 2.05) is 6.92 Å². The minimum atomic E-state index is -0.611. The lowest BCUT2D eigenvalue weighted by Crippen LogP contribution is -2.25. The molecule has 0 aliphatic heterocycles. The molecule has 0 bridgehead atoms. The first-order chi connectivity index (χ1) is 3.72. The third-order valence-electron chi connectivity index (χ3n) is 1.02. The number of aliphatic hydroxyl groups is 2. The van der Waals surface area contributed by atoms with Crippen molar-refractivity contribution in [2.24, 2.45) is 0 Å². The molecule has 8 heavy (non-hydrogen) atoms. The van der Waals surface area contributed by atoms with Gasteiger partial charge < -0.3 is 10.2 Å². The van der Waals surface area contributed by atoms with Crippen molar-refractivity contribution in [3.63, 3.8) is 0 Å². The summed E-state index contributed by atoms with van der Waals surface area (Å²) >= 11 is 3.05. The van der Waals surface area contributed by atoms with E-state index in [-0.39, 0.29) is 0 Å². The second-order valence-corrected chi connectivity index (χ2v) is 2.34. The van der Waals surface area contributed by atoms with E-state index in [9.17, 15) is 0 Å². The molecular weight excluding hydrogens is 172 g/mol. The van der Waals surface area contributed by atoms with Crippen LogP contribution in [0.25, 0.3) is 0 Å². The molecule has 0 unspecified atom stereocenters. The Morgan fingerprint density at radius 3 is 2.00 bits per heavy atom. The Balaban J connectivity index is 3.29. The summed E-state index contributed by atoms with van der Waals surface area (Å²) < 4.78 is 0. The molecule has 0 rings (SSSR count). The Morgan fingerprint density at radius 2 is 1.88 bits per heavy atom. The monoisotopic (exact) mass is 182 g/mol. The van der Waals surface area contributed by atoms with Crippen molar-refractivity contribution in [1.29, 1.82) is 0 Å². The average molecular weight is 183 g/mol. The van der Waals surface area contributed by atoms with Crippen LogP contribution in [0.15, 0.2) is 0 Å². The van der Waals surface area contributed by atoms with E-state index in [0.717, 1.165) is 0 Å². The highest BCUT2D eigenvalue weighted by Crippen LogP contribution is 2.00. The molecule has 2 N–H and O–H groups in total. The van der Waals surface area contributed by atoms with Crippen LogP contribution in [0.4, 0.5) is 0 Å². The highest BCUT2D eigenvalue weighted by molar-refractivity contribution is 9.09. The lowest BCUT2D eigenvalue weighted by molar-refractivity contribution is 0.0330. The summed E-state index contributed by atoms with van der Waals surface area (Å²) in [6.45, 7) is 1.83. The number of aliphatic hydroxyl groups excluding tert-OH is 2. The van der Waals surface area contributed by atoms with Gasteiger partial charge in [0.2, 0.25) is 0 Å². The molecule has 0 saturated carbocycles. The standard InChI is InChI=1S/C5H11BrO2/c1-2-4(7)5(8)3-6/h4-5,7-8H,2-3H2,1H3/t4-,5+/m0/s1. The Labute approximate surface area is 57.7 Å². The summed E-state index contributed by atoms with van der Waals surface area (Å²) in [6.07, 6.45) is -0.582. The minimum Gasteiger partial charge on any atom is -0.390 e. The molecule has 0 aromatic rings. The third kappa shape index (κ3) is 2.64. The van der Waals surface area contributed by atoms with Gasteiger partial charge in [-0.15, -0.1) is 0 Å². The molecule has 0 radical (unpaired) electrons. The van der Waals surface area contributed by atoms with Crippen molar-refractivity contribution < 1.29 is 10.2 Å². The number of hydrogen-bond donors (Lipinski definition) is 2. The fraction of sp³-hybridized carbons (Fsp3) is 1.00. The van der Waals surface area contributed by atoms with Gasteiger partial charge in [0.05, 0.1) is 12.2 Å². The van der Waals surface area contributed by atoms with Gasteiger partial charge in [-0.25, -0.2) is 0 Å². The molecule has 0 aliphatic carbocycles. The van der Waals surface area contributed by atoms with Crippen molar-refractivity contribution >= 4 is 15.9 Å². The molecule has 0 fully saturated rings. The van der Waals surface area contributed by atoms with Gasteiger partial charge in [0, 0.05) is 5.33 Å². The van der Waals surface area contributed by atoms with Gasteiger partial charge in [-0.1, -0.05) is 22.9 Å². The first-order valence-corrected chi connectivity index (χ1v) is 3.76. The van der Waals surface area contributed by atoms with Crippen molar-refractivity contribution in [1.82, 2.24) is 0 Å². The van der Waals surface area contributed by atoms with Crippen LogP contribution in [-0.2, 0) is 0 Å². The molecule has 50 valence electrons. The van der Waals surface area contributed by atoms with Crippen molar-refractivity contribution in [3.8, 4) is 0 Å². The summed E-state index contributed by atoms with van der Waals surface area (Å²) in [7, 11) is 0. The van der Waals surface area contributed by atoms with Crippen LogP contribution in [0.3, 0.4) is 0 Å². The second-order valence-electron chi connectivity index (χ2n) is 1.70. The second kappa shape index (κ2) is 4.30.